The number of methoxy groups -OCH3 is 1. The molecule has 1 saturated heterocycles. The van der Waals surface area contributed by atoms with Crippen LogP contribution in [0, 0.1) is 5.92 Å². The number of nitrogens with one attached hydrogen (secondary N) is 1. The van der Waals surface area contributed by atoms with Crippen LogP contribution in [-0.4, -0.2) is 44.2 Å². The van der Waals surface area contributed by atoms with Crippen molar-refractivity contribution in [2.75, 3.05) is 33.4 Å². The van der Waals surface area contributed by atoms with Gasteiger partial charge in [0, 0.05) is 26.7 Å². The molecule has 4 heteroatoms. The van der Waals surface area contributed by atoms with Crippen LogP contribution < -0.4 is 5.32 Å². The molecule has 1 N–H and O–H groups in total. The predicted octanol–water partition coefficient (Wildman–Crippen LogP) is 2.00. The van der Waals surface area contributed by atoms with Gasteiger partial charge in [-0.3, -0.25) is 4.79 Å². The highest BCUT2D eigenvalue weighted by Crippen LogP contribution is 2.24. The van der Waals surface area contributed by atoms with Gasteiger partial charge in [-0.15, -0.1) is 0 Å². The van der Waals surface area contributed by atoms with E-state index in [9.17, 15) is 4.79 Å². The minimum atomic E-state index is -0.0921. The van der Waals surface area contributed by atoms with E-state index in [0.717, 1.165) is 26.1 Å². The van der Waals surface area contributed by atoms with E-state index in [2.05, 4.69) is 36.5 Å². The van der Waals surface area contributed by atoms with Gasteiger partial charge in [0.25, 0.3) is 0 Å². The zero-order valence-corrected chi connectivity index (χ0v) is 13.3. The Balaban J connectivity index is 2.15. The first kappa shape index (κ1) is 16.0. The third kappa shape index (κ3) is 3.83. The second kappa shape index (κ2) is 7.57. The van der Waals surface area contributed by atoms with Crippen LogP contribution in [0.4, 0.5) is 0 Å². The fraction of sp³-hybridized carbons (Fsp3) is 0.588. The monoisotopic (exact) mass is 290 g/mol. The molecule has 1 fully saturated rings. The maximum atomic E-state index is 12.6. The third-order valence-corrected chi connectivity index (χ3v) is 4.14. The van der Waals surface area contributed by atoms with Crippen molar-refractivity contribution in [3.63, 3.8) is 0 Å². The Kier molecular flexibility index (Phi) is 5.76. The van der Waals surface area contributed by atoms with E-state index in [4.69, 9.17) is 4.74 Å². The molecule has 2 unspecified atom stereocenters. The summed E-state index contributed by atoms with van der Waals surface area (Å²) in [4.78, 5) is 14.6. The summed E-state index contributed by atoms with van der Waals surface area (Å²) in [5.74, 6) is 0.0911. The molecule has 0 aliphatic carbocycles. The molecule has 21 heavy (non-hydrogen) atoms. The molecule has 1 amide bonds. The smallest absolute Gasteiger partial charge is 0.228 e. The summed E-state index contributed by atoms with van der Waals surface area (Å²) in [7, 11) is 1.64. The number of hydrogen-bond acceptors (Lipinski definition) is 3. The average molecular weight is 290 g/mol. The molecule has 1 aliphatic rings. The van der Waals surface area contributed by atoms with Crippen LogP contribution in [0.15, 0.2) is 24.3 Å². The van der Waals surface area contributed by atoms with E-state index in [0.29, 0.717) is 6.61 Å². The van der Waals surface area contributed by atoms with Crippen molar-refractivity contribution in [2.45, 2.75) is 26.3 Å². The number of benzene rings is 1. The molecule has 0 bridgehead atoms. The summed E-state index contributed by atoms with van der Waals surface area (Å²) in [5.41, 5.74) is 2.53. The fourth-order valence-corrected chi connectivity index (χ4v) is 2.85. The molecule has 1 aromatic rings. The van der Waals surface area contributed by atoms with Crippen molar-refractivity contribution in [3.8, 4) is 0 Å². The molecule has 4 nitrogen and oxygen atoms in total. The Bertz CT molecular complexity index is 458. The van der Waals surface area contributed by atoms with Gasteiger partial charge in [0.15, 0.2) is 0 Å². The van der Waals surface area contributed by atoms with E-state index in [1.165, 1.54) is 11.1 Å². The Hall–Kier alpha value is -1.39. The van der Waals surface area contributed by atoms with Crippen molar-refractivity contribution in [3.05, 3.63) is 35.4 Å². The normalized spacial score (nSPS) is 20.3. The third-order valence-electron chi connectivity index (χ3n) is 4.14. The van der Waals surface area contributed by atoms with Gasteiger partial charge < -0.3 is 15.0 Å². The number of carbonyl (C=O) groups is 1. The summed E-state index contributed by atoms with van der Waals surface area (Å²) in [6.07, 6.45) is 1.04. The zero-order valence-electron chi connectivity index (χ0n) is 13.3. The van der Waals surface area contributed by atoms with E-state index < -0.39 is 0 Å². The minimum Gasteiger partial charge on any atom is -0.384 e. The molecular formula is C17H26N2O2. The zero-order chi connectivity index (χ0) is 15.2. The SMILES string of the molecule is CCc1ccc(C2CNCCN2C(=O)C(C)COC)cc1. The van der Waals surface area contributed by atoms with Crippen LogP contribution >= 0.6 is 0 Å². The number of ether oxygens (including phenoxy) is 1. The molecular weight excluding hydrogens is 264 g/mol. The quantitative estimate of drug-likeness (QED) is 0.902. The van der Waals surface area contributed by atoms with Crippen molar-refractivity contribution < 1.29 is 9.53 Å². The van der Waals surface area contributed by atoms with E-state index in [1.54, 1.807) is 7.11 Å². The molecule has 0 spiro atoms. The van der Waals surface area contributed by atoms with Gasteiger partial charge in [0.05, 0.1) is 18.6 Å². The Morgan fingerprint density at radius 2 is 2.14 bits per heavy atom. The number of nitrogens with zero attached hydrogens (tertiary/aromatic N) is 1. The lowest BCUT2D eigenvalue weighted by atomic mass is 9.99. The molecule has 0 saturated carbocycles. The number of hydrogen-bond donors (Lipinski definition) is 1. The topological polar surface area (TPSA) is 41.6 Å². The molecule has 1 heterocycles. The number of piperazine rings is 1. The first-order chi connectivity index (χ1) is 10.2. The molecule has 0 aromatic heterocycles. The molecule has 2 atom stereocenters. The Morgan fingerprint density at radius 3 is 2.76 bits per heavy atom. The summed E-state index contributed by atoms with van der Waals surface area (Å²) in [6.45, 7) is 6.99. The fourth-order valence-electron chi connectivity index (χ4n) is 2.85. The second-order valence-electron chi connectivity index (χ2n) is 5.70. The number of carbonyl (C=O) groups excluding carboxylic acids is 1. The van der Waals surface area contributed by atoms with Gasteiger partial charge in [-0.2, -0.15) is 0 Å². The van der Waals surface area contributed by atoms with Gasteiger partial charge >= 0.3 is 0 Å². The van der Waals surface area contributed by atoms with Gasteiger partial charge in [-0.05, 0) is 17.5 Å². The van der Waals surface area contributed by atoms with E-state index >= 15 is 0 Å². The summed E-state index contributed by atoms with van der Waals surface area (Å²) < 4.78 is 5.12. The van der Waals surface area contributed by atoms with Crippen LogP contribution in [0.2, 0.25) is 0 Å². The standard InChI is InChI=1S/C17H26N2O2/c1-4-14-5-7-15(8-6-14)16-11-18-9-10-19(16)17(20)13(2)12-21-3/h5-8,13,16,18H,4,9-12H2,1-3H3. The number of aryl methyl sites for hydroxylation is 1. The molecule has 116 valence electrons. The number of amides is 1. The van der Waals surface area contributed by atoms with Crippen molar-refractivity contribution >= 4 is 5.91 Å². The van der Waals surface area contributed by atoms with Crippen molar-refractivity contribution in [2.24, 2.45) is 5.92 Å². The van der Waals surface area contributed by atoms with Crippen LogP contribution in [0.3, 0.4) is 0 Å². The highest BCUT2D eigenvalue weighted by molar-refractivity contribution is 5.79. The summed E-state index contributed by atoms with van der Waals surface area (Å²) in [6, 6.07) is 8.74. The van der Waals surface area contributed by atoms with Crippen molar-refractivity contribution in [1.82, 2.24) is 10.2 Å². The number of rotatable bonds is 5. The molecule has 2 rings (SSSR count). The Labute approximate surface area is 127 Å². The summed E-state index contributed by atoms with van der Waals surface area (Å²) in [5, 5.41) is 3.39. The maximum absolute atomic E-state index is 12.6. The second-order valence-corrected chi connectivity index (χ2v) is 5.70. The van der Waals surface area contributed by atoms with E-state index in [-0.39, 0.29) is 17.9 Å². The van der Waals surface area contributed by atoms with Gasteiger partial charge in [-0.25, -0.2) is 0 Å². The van der Waals surface area contributed by atoms with Crippen molar-refractivity contribution in [1.29, 1.82) is 0 Å². The predicted molar refractivity (Wildman–Crippen MR) is 84.2 cm³/mol. The molecule has 1 aromatic carbocycles. The minimum absolute atomic E-state index is 0.0921. The Morgan fingerprint density at radius 1 is 1.43 bits per heavy atom. The highest BCUT2D eigenvalue weighted by atomic mass is 16.5. The summed E-state index contributed by atoms with van der Waals surface area (Å²) >= 11 is 0. The van der Waals surface area contributed by atoms with Crippen LogP contribution in [0.25, 0.3) is 0 Å². The van der Waals surface area contributed by atoms with Gasteiger partial charge in [-0.1, -0.05) is 38.1 Å². The lowest BCUT2D eigenvalue weighted by Gasteiger charge is -2.38. The maximum Gasteiger partial charge on any atom is 0.228 e. The molecule has 1 aliphatic heterocycles. The highest BCUT2D eigenvalue weighted by Gasteiger charge is 2.30. The van der Waals surface area contributed by atoms with Gasteiger partial charge in [0.1, 0.15) is 0 Å². The largest absolute Gasteiger partial charge is 0.384 e. The lowest BCUT2D eigenvalue weighted by molar-refractivity contribution is -0.140. The van der Waals surface area contributed by atoms with Crippen LogP contribution in [0.5, 0.6) is 0 Å². The van der Waals surface area contributed by atoms with Crippen LogP contribution in [-0.2, 0) is 16.0 Å². The first-order valence-electron chi connectivity index (χ1n) is 7.76. The average Bonchev–Trinajstić information content (AvgIpc) is 2.54. The van der Waals surface area contributed by atoms with Crippen LogP contribution in [0.1, 0.15) is 31.0 Å². The molecule has 0 radical (unpaired) electrons. The lowest BCUT2D eigenvalue weighted by Crippen LogP contribution is -2.50. The van der Waals surface area contributed by atoms with Gasteiger partial charge in [0.2, 0.25) is 5.91 Å². The first-order valence-corrected chi connectivity index (χ1v) is 7.76. The van der Waals surface area contributed by atoms with E-state index in [1.807, 2.05) is 11.8 Å².